The lowest BCUT2D eigenvalue weighted by Crippen LogP contribution is -2.56. The van der Waals surface area contributed by atoms with Crippen molar-refractivity contribution in [2.24, 2.45) is 11.3 Å². The van der Waals surface area contributed by atoms with E-state index in [1.165, 1.54) is 4.90 Å². The van der Waals surface area contributed by atoms with Crippen molar-refractivity contribution < 1.29 is 19.5 Å². The molecular weight excluding hydrogens is 246 g/mol. The van der Waals surface area contributed by atoms with Crippen LogP contribution in [-0.4, -0.2) is 39.7 Å². The van der Waals surface area contributed by atoms with Gasteiger partial charge in [-0.2, -0.15) is 0 Å². The van der Waals surface area contributed by atoms with Gasteiger partial charge in [0.25, 0.3) is 5.91 Å². The van der Waals surface area contributed by atoms with Crippen molar-refractivity contribution in [3.8, 4) is 0 Å². The molecule has 2 unspecified atom stereocenters. The molecule has 0 aromatic heterocycles. The summed E-state index contributed by atoms with van der Waals surface area (Å²) in [5.41, 5.74) is -1.85. The van der Waals surface area contributed by atoms with Crippen LogP contribution in [0.5, 0.6) is 0 Å². The molecule has 1 heterocycles. The predicted octanol–water partition coefficient (Wildman–Crippen LogP) is 1.46. The molecule has 0 aromatic carbocycles. The van der Waals surface area contributed by atoms with E-state index in [1.54, 1.807) is 13.8 Å². The summed E-state index contributed by atoms with van der Waals surface area (Å²) in [5, 5.41) is 9.45. The first kappa shape index (κ1) is 14.0. The molecule has 2 fully saturated rings. The molecule has 0 radical (unpaired) electrons. The van der Waals surface area contributed by atoms with E-state index >= 15 is 0 Å². The van der Waals surface area contributed by atoms with Crippen LogP contribution in [0.1, 0.15) is 46.5 Å². The second-order valence-electron chi connectivity index (χ2n) is 6.43. The van der Waals surface area contributed by atoms with Gasteiger partial charge in [0.05, 0.1) is 0 Å². The van der Waals surface area contributed by atoms with Gasteiger partial charge in [-0.3, -0.25) is 9.59 Å². The van der Waals surface area contributed by atoms with E-state index in [-0.39, 0.29) is 5.92 Å². The van der Waals surface area contributed by atoms with Crippen LogP contribution in [0.25, 0.3) is 0 Å². The Bertz CT molecular complexity index is 443. The van der Waals surface area contributed by atoms with Crippen molar-refractivity contribution in [3.63, 3.8) is 0 Å². The minimum atomic E-state index is -1.12. The third-order valence-electron chi connectivity index (χ3n) is 4.89. The highest BCUT2D eigenvalue weighted by molar-refractivity contribution is 6.38. The van der Waals surface area contributed by atoms with Crippen LogP contribution < -0.4 is 0 Å². The second-order valence-corrected chi connectivity index (χ2v) is 6.43. The number of carboxylic acids is 1. The molecule has 0 spiro atoms. The standard InChI is InChI=1S/C14H21NO4/c1-4-13(2,3)10(16)11(17)15-8-9-5-6-14(15,7-9)12(18)19/h9H,4-8H2,1-3H3,(H,18,19). The Kier molecular flexibility index (Phi) is 3.19. The molecular formula is C14H21NO4. The van der Waals surface area contributed by atoms with E-state index in [1.807, 2.05) is 6.92 Å². The molecule has 0 aromatic rings. The highest BCUT2D eigenvalue weighted by atomic mass is 16.4. The van der Waals surface area contributed by atoms with E-state index < -0.39 is 28.6 Å². The SMILES string of the molecule is CCC(C)(C)C(=O)C(=O)N1CC2CCC1(C(=O)O)C2. The topological polar surface area (TPSA) is 74.7 Å². The summed E-state index contributed by atoms with van der Waals surface area (Å²) in [7, 11) is 0. The largest absolute Gasteiger partial charge is 0.479 e. The number of likely N-dealkylation sites (tertiary alicyclic amines) is 1. The number of Topliss-reactive ketones (excluding diaryl/α,β-unsaturated/α-hetero) is 1. The maximum atomic E-state index is 12.4. The van der Waals surface area contributed by atoms with Crippen molar-refractivity contribution in [1.29, 1.82) is 0 Å². The molecule has 2 aliphatic rings. The Balaban J connectivity index is 2.26. The van der Waals surface area contributed by atoms with Crippen LogP contribution in [0.4, 0.5) is 0 Å². The minimum absolute atomic E-state index is 0.234. The molecule has 2 atom stereocenters. The summed E-state index contributed by atoms with van der Waals surface area (Å²) in [6.45, 7) is 5.73. The zero-order valence-electron chi connectivity index (χ0n) is 11.7. The van der Waals surface area contributed by atoms with E-state index in [4.69, 9.17) is 0 Å². The number of hydrogen-bond acceptors (Lipinski definition) is 3. The molecule has 1 aliphatic heterocycles. The average Bonchev–Trinajstić information content (AvgIpc) is 2.96. The van der Waals surface area contributed by atoms with Crippen LogP contribution in [-0.2, 0) is 14.4 Å². The fourth-order valence-electron chi connectivity index (χ4n) is 3.12. The third kappa shape index (κ3) is 1.95. The lowest BCUT2D eigenvalue weighted by Gasteiger charge is -2.36. The summed E-state index contributed by atoms with van der Waals surface area (Å²) >= 11 is 0. The van der Waals surface area contributed by atoms with Gasteiger partial charge in [-0.1, -0.05) is 20.8 Å². The average molecular weight is 267 g/mol. The molecule has 1 N–H and O–H groups in total. The van der Waals surface area contributed by atoms with E-state index in [2.05, 4.69) is 0 Å². The fraction of sp³-hybridized carbons (Fsp3) is 0.786. The number of carbonyl (C=O) groups excluding carboxylic acids is 2. The second kappa shape index (κ2) is 4.32. The van der Waals surface area contributed by atoms with Gasteiger partial charge in [0.2, 0.25) is 5.78 Å². The first-order chi connectivity index (χ1) is 8.74. The summed E-state index contributed by atoms with van der Waals surface area (Å²) in [5.74, 6) is -1.82. The van der Waals surface area contributed by atoms with Crippen LogP contribution >= 0.6 is 0 Å². The maximum Gasteiger partial charge on any atom is 0.329 e. The van der Waals surface area contributed by atoms with Crippen molar-refractivity contribution in [1.82, 2.24) is 4.90 Å². The first-order valence-corrected chi connectivity index (χ1v) is 6.84. The minimum Gasteiger partial charge on any atom is -0.479 e. The van der Waals surface area contributed by atoms with Crippen molar-refractivity contribution in [2.75, 3.05) is 6.54 Å². The quantitative estimate of drug-likeness (QED) is 0.782. The van der Waals surface area contributed by atoms with Gasteiger partial charge in [-0.25, -0.2) is 4.79 Å². The Morgan fingerprint density at radius 2 is 2.00 bits per heavy atom. The Labute approximate surface area is 113 Å². The molecule has 2 bridgehead atoms. The summed E-state index contributed by atoms with van der Waals surface area (Å²) in [6, 6.07) is 0. The number of nitrogens with zero attached hydrogens (tertiary/aromatic N) is 1. The molecule has 1 aliphatic carbocycles. The number of carbonyl (C=O) groups is 3. The fourth-order valence-corrected chi connectivity index (χ4v) is 3.12. The van der Waals surface area contributed by atoms with Crippen LogP contribution in [0.15, 0.2) is 0 Å². The lowest BCUT2D eigenvalue weighted by molar-refractivity contribution is -0.161. The Hall–Kier alpha value is -1.39. The molecule has 1 saturated carbocycles. The van der Waals surface area contributed by atoms with Gasteiger partial charge in [-0.05, 0) is 31.6 Å². The van der Waals surface area contributed by atoms with Crippen LogP contribution in [0.3, 0.4) is 0 Å². The lowest BCUT2D eigenvalue weighted by atomic mass is 9.83. The monoisotopic (exact) mass is 267 g/mol. The number of amides is 1. The van der Waals surface area contributed by atoms with Crippen molar-refractivity contribution in [2.45, 2.75) is 52.0 Å². The first-order valence-electron chi connectivity index (χ1n) is 6.84. The number of piperidine rings is 1. The van der Waals surface area contributed by atoms with Crippen LogP contribution in [0.2, 0.25) is 0 Å². The zero-order chi connectivity index (χ0) is 14.4. The maximum absolute atomic E-state index is 12.4. The molecule has 1 amide bonds. The highest BCUT2D eigenvalue weighted by Crippen LogP contribution is 2.47. The van der Waals surface area contributed by atoms with Crippen molar-refractivity contribution in [3.05, 3.63) is 0 Å². The number of fused-ring (bicyclic) bond motifs is 2. The van der Waals surface area contributed by atoms with Gasteiger partial charge in [-0.15, -0.1) is 0 Å². The van der Waals surface area contributed by atoms with Crippen molar-refractivity contribution >= 4 is 17.7 Å². The molecule has 2 rings (SSSR count). The number of carboxylic acid groups (broad SMARTS) is 1. The van der Waals surface area contributed by atoms with Gasteiger partial charge in [0.1, 0.15) is 5.54 Å². The third-order valence-corrected chi connectivity index (χ3v) is 4.89. The highest BCUT2D eigenvalue weighted by Gasteiger charge is 2.59. The molecule has 1 saturated heterocycles. The van der Waals surface area contributed by atoms with Gasteiger partial charge in [0, 0.05) is 12.0 Å². The van der Waals surface area contributed by atoms with E-state index in [9.17, 15) is 19.5 Å². The summed E-state index contributed by atoms with van der Waals surface area (Å²) in [6.07, 6.45) is 2.36. The molecule has 19 heavy (non-hydrogen) atoms. The molecule has 106 valence electrons. The molecule has 5 nitrogen and oxygen atoms in total. The van der Waals surface area contributed by atoms with Gasteiger partial charge in [0.15, 0.2) is 0 Å². The Morgan fingerprint density at radius 3 is 2.47 bits per heavy atom. The van der Waals surface area contributed by atoms with Crippen LogP contribution in [0, 0.1) is 11.3 Å². The number of ketones is 1. The summed E-state index contributed by atoms with van der Waals surface area (Å²) in [4.78, 5) is 37.5. The number of aliphatic carboxylic acids is 1. The smallest absolute Gasteiger partial charge is 0.329 e. The predicted molar refractivity (Wildman–Crippen MR) is 68.5 cm³/mol. The van der Waals surface area contributed by atoms with Gasteiger partial charge < -0.3 is 10.0 Å². The van der Waals surface area contributed by atoms with E-state index in [0.29, 0.717) is 25.8 Å². The van der Waals surface area contributed by atoms with Gasteiger partial charge >= 0.3 is 5.97 Å². The number of rotatable bonds is 4. The Morgan fingerprint density at radius 1 is 1.37 bits per heavy atom. The van der Waals surface area contributed by atoms with E-state index in [0.717, 1.165) is 6.42 Å². The zero-order valence-corrected chi connectivity index (χ0v) is 11.7. The molecule has 5 heteroatoms. The summed E-state index contributed by atoms with van der Waals surface area (Å²) < 4.78 is 0. The number of hydrogen-bond donors (Lipinski definition) is 1. The normalized spacial score (nSPS) is 29.6.